The van der Waals surface area contributed by atoms with Crippen LogP contribution in [-0.2, 0) is 14.3 Å². The minimum Gasteiger partial charge on any atom is -0.291 e. The highest BCUT2D eigenvalue weighted by atomic mass is 32.2. The Balaban J connectivity index is 4.32. The molecule has 0 spiro atoms. The normalized spacial score (nSPS) is 15.5. The summed E-state index contributed by atoms with van der Waals surface area (Å²) in [7, 11) is 0.0526. The molecule has 2 atom stereocenters. The molecule has 0 aromatic carbocycles. The third-order valence-corrected chi connectivity index (χ3v) is 5.58. The quantitative estimate of drug-likeness (QED) is 0.407. The molecular formula is C15H33NO3S. The lowest BCUT2D eigenvalue weighted by molar-refractivity contribution is 0.176. The molecule has 5 heteroatoms. The van der Waals surface area contributed by atoms with Crippen molar-refractivity contribution in [2.24, 2.45) is 0 Å². The van der Waals surface area contributed by atoms with Crippen molar-refractivity contribution in [3.05, 3.63) is 0 Å². The Morgan fingerprint density at radius 3 is 2.00 bits per heavy atom. The first-order valence-electron chi connectivity index (χ1n) is 7.97. The van der Waals surface area contributed by atoms with Crippen LogP contribution in [0.15, 0.2) is 0 Å². The molecule has 0 amide bonds. The Hall–Kier alpha value is -0.130. The van der Waals surface area contributed by atoms with E-state index in [1.165, 1.54) is 25.7 Å². The Morgan fingerprint density at radius 1 is 0.950 bits per heavy atom. The largest absolute Gasteiger partial charge is 0.291 e. The van der Waals surface area contributed by atoms with Crippen molar-refractivity contribution in [1.29, 1.82) is 0 Å². The van der Waals surface area contributed by atoms with Crippen molar-refractivity contribution in [3.8, 4) is 0 Å². The molecule has 0 aliphatic heterocycles. The average molecular weight is 308 g/mol. The molecule has 20 heavy (non-hydrogen) atoms. The van der Waals surface area contributed by atoms with Crippen LogP contribution < -0.4 is 0 Å². The first-order chi connectivity index (χ1) is 9.38. The maximum atomic E-state index is 12.2. The summed E-state index contributed by atoms with van der Waals surface area (Å²) in [5.74, 6) is 0. The van der Waals surface area contributed by atoms with Crippen LogP contribution in [0.2, 0.25) is 0 Å². The van der Waals surface area contributed by atoms with Crippen molar-refractivity contribution in [3.63, 3.8) is 0 Å². The molecule has 122 valence electrons. The van der Waals surface area contributed by atoms with Gasteiger partial charge in [-0.05, 0) is 33.4 Å². The summed E-state index contributed by atoms with van der Waals surface area (Å²) in [6.07, 6.45) is 7.89. The van der Waals surface area contributed by atoms with E-state index >= 15 is 0 Å². The Kier molecular flexibility index (Phi) is 10.5. The van der Waals surface area contributed by atoms with Gasteiger partial charge >= 0.3 is 0 Å². The van der Waals surface area contributed by atoms with Gasteiger partial charge in [0, 0.05) is 0 Å². The third kappa shape index (κ3) is 7.60. The maximum absolute atomic E-state index is 12.2. The fraction of sp³-hybridized carbons (Fsp3) is 1.00. The summed E-state index contributed by atoms with van der Waals surface area (Å²) in [5.41, 5.74) is 0. The van der Waals surface area contributed by atoms with Gasteiger partial charge in [0.2, 0.25) is 0 Å². The molecule has 0 saturated carbocycles. The molecule has 0 N–H and O–H groups in total. The monoisotopic (exact) mass is 307 g/mol. The minimum atomic E-state index is -3.50. The first-order valence-corrected chi connectivity index (χ1v) is 9.44. The molecule has 0 heterocycles. The summed E-state index contributed by atoms with van der Waals surface area (Å²) in [6, 6.07) is 0. The summed E-state index contributed by atoms with van der Waals surface area (Å²) in [4.78, 5) is 1.71. The molecule has 0 radical (unpaired) electrons. The van der Waals surface area contributed by atoms with Crippen molar-refractivity contribution in [1.82, 2.24) is 4.90 Å². The van der Waals surface area contributed by atoms with Gasteiger partial charge in [-0.3, -0.25) is 9.08 Å². The fourth-order valence-electron chi connectivity index (χ4n) is 2.38. The zero-order valence-corrected chi connectivity index (χ0v) is 14.7. The lowest BCUT2D eigenvalue weighted by Crippen LogP contribution is -2.38. The number of hydrogen-bond acceptors (Lipinski definition) is 4. The molecular weight excluding hydrogens is 274 g/mol. The Morgan fingerprint density at radius 2 is 1.55 bits per heavy atom. The van der Waals surface area contributed by atoms with Gasteiger partial charge in [0.05, 0.1) is 6.10 Å². The average Bonchev–Trinajstić information content (AvgIpc) is 2.36. The smallest absolute Gasteiger partial charge is 0.283 e. The molecule has 0 fully saturated rings. The molecule has 0 rings (SSSR count). The summed E-state index contributed by atoms with van der Waals surface area (Å²) < 4.78 is 29.9. The molecule has 2 unspecified atom stereocenters. The van der Waals surface area contributed by atoms with Crippen LogP contribution in [0.5, 0.6) is 0 Å². The standard InChI is InChI=1S/C15H33NO3S/c1-6-9-10-11-12-13-14(7-2)19-20(17,18)15(8-3)16(4)5/h14-15H,6-13H2,1-5H3. The van der Waals surface area contributed by atoms with Gasteiger partial charge in [0.1, 0.15) is 5.37 Å². The topological polar surface area (TPSA) is 46.6 Å². The second kappa shape index (κ2) is 10.6. The van der Waals surface area contributed by atoms with E-state index in [0.717, 1.165) is 19.3 Å². The number of hydrogen-bond donors (Lipinski definition) is 0. The van der Waals surface area contributed by atoms with E-state index in [9.17, 15) is 8.42 Å². The van der Waals surface area contributed by atoms with E-state index in [-0.39, 0.29) is 6.10 Å². The van der Waals surface area contributed by atoms with E-state index in [4.69, 9.17) is 4.18 Å². The molecule has 0 aromatic heterocycles. The van der Waals surface area contributed by atoms with E-state index < -0.39 is 15.5 Å². The van der Waals surface area contributed by atoms with Crippen molar-refractivity contribution in [2.75, 3.05) is 14.1 Å². The first kappa shape index (κ1) is 19.9. The Labute approximate surface area is 126 Å². The van der Waals surface area contributed by atoms with Gasteiger partial charge in [-0.25, -0.2) is 0 Å². The highest BCUT2D eigenvalue weighted by molar-refractivity contribution is 7.87. The zero-order chi connectivity index (χ0) is 15.6. The van der Waals surface area contributed by atoms with Gasteiger partial charge in [-0.15, -0.1) is 0 Å². The molecule has 0 saturated heterocycles. The second-order valence-electron chi connectivity index (χ2n) is 5.65. The highest BCUT2D eigenvalue weighted by Gasteiger charge is 2.29. The zero-order valence-electron chi connectivity index (χ0n) is 13.9. The van der Waals surface area contributed by atoms with Gasteiger partial charge in [-0.2, -0.15) is 8.42 Å². The lowest BCUT2D eigenvalue weighted by Gasteiger charge is -2.25. The van der Waals surface area contributed by atoms with Crippen molar-refractivity contribution < 1.29 is 12.6 Å². The van der Waals surface area contributed by atoms with Crippen LogP contribution in [0.3, 0.4) is 0 Å². The van der Waals surface area contributed by atoms with E-state index in [2.05, 4.69) is 6.92 Å². The van der Waals surface area contributed by atoms with E-state index in [1.807, 2.05) is 13.8 Å². The van der Waals surface area contributed by atoms with Crippen LogP contribution >= 0.6 is 0 Å². The molecule has 0 aliphatic rings. The van der Waals surface area contributed by atoms with Crippen LogP contribution in [0.1, 0.15) is 72.1 Å². The molecule has 0 bridgehead atoms. The van der Waals surface area contributed by atoms with E-state index in [0.29, 0.717) is 6.42 Å². The summed E-state index contributed by atoms with van der Waals surface area (Å²) in [5, 5.41) is -0.545. The highest BCUT2D eigenvalue weighted by Crippen LogP contribution is 2.18. The second-order valence-corrected chi connectivity index (χ2v) is 7.37. The number of rotatable bonds is 12. The van der Waals surface area contributed by atoms with Crippen LogP contribution in [0.25, 0.3) is 0 Å². The predicted molar refractivity (Wildman–Crippen MR) is 85.2 cm³/mol. The third-order valence-electron chi connectivity index (χ3n) is 3.61. The van der Waals surface area contributed by atoms with Gasteiger partial charge in [-0.1, -0.05) is 52.9 Å². The number of nitrogens with zero attached hydrogens (tertiary/aromatic N) is 1. The predicted octanol–water partition coefficient (Wildman–Crippen LogP) is 3.77. The lowest BCUT2D eigenvalue weighted by atomic mass is 10.1. The summed E-state index contributed by atoms with van der Waals surface area (Å²) >= 11 is 0. The van der Waals surface area contributed by atoms with E-state index in [1.54, 1.807) is 19.0 Å². The summed E-state index contributed by atoms with van der Waals surface area (Å²) in [6.45, 7) is 6.05. The molecule has 4 nitrogen and oxygen atoms in total. The molecule has 0 aliphatic carbocycles. The van der Waals surface area contributed by atoms with Crippen LogP contribution in [0, 0.1) is 0 Å². The SMILES string of the molecule is CCCCCCCC(CC)OS(=O)(=O)C(CC)N(C)C. The van der Waals surface area contributed by atoms with Crippen LogP contribution in [-0.4, -0.2) is 38.9 Å². The van der Waals surface area contributed by atoms with Gasteiger partial charge in [0.25, 0.3) is 10.1 Å². The van der Waals surface area contributed by atoms with Gasteiger partial charge in [0.15, 0.2) is 0 Å². The van der Waals surface area contributed by atoms with Crippen molar-refractivity contribution in [2.45, 2.75) is 83.6 Å². The van der Waals surface area contributed by atoms with Crippen LogP contribution in [0.4, 0.5) is 0 Å². The number of unbranched alkanes of at least 4 members (excludes halogenated alkanes) is 4. The maximum Gasteiger partial charge on any atom is 0.283 e. The van der Waals surface area contributed by atoms with Crippen molar-refractivity contribution >= 4 is 10.1 Å². The minimum absolute atomic E-state index is 0.171. The fourth-order valence-corrected chi connectivity index (χ4v) is 4.04. The molecule has 0 aromatic rings. The Bertz CT molecular complexity index is 328. The van der Waals surface area contributed by atoms with Gasteiger partial charge < -0.3 is 0 Å².